The average molecular weight is 891 g/mol. The molecule has 3 aliphatic carbocycles. The fourth-order valence-corrected chi connectivity index (χ4v) is 11.0. The normalized spacial score (nSPS) is 30.3. The number of fused-ring (bicyclic) bond motifs is 5. The van der Waals surface area contributed by atoms with Gasteiger partial charge in [0.15, 0.2) is 0 Å². The molecule has 3 saturated carbocycles. The van der Waals surface area contributed by atoms with Gasteiger partial charge in [0, 0.05) is 17.7 Å². The third-order valence-corrected chi connectivity index (χ3v) is 16.7. The summed E-state index contributed by atoms with van der Waals surface area (Å²) in [4.78, 5) is 65.8. The molecule has 2 saturated heterocycles. The summed E-state index contributed by atoms with van der Waals surface area (Å²) in [6.07, 6.45) is 8.11. The zero-order chi connectivity index (χ0) is 44.9. The molecule has 1 aromatic carbocycles. The molecule has 0 radical (unpaired) electrons. The van der Waals surface area contributed by atoms with Gasteiger partial charge in [0.05, 0.1) is 29.0 Å². The van der Waals surface area contributed by atoms with Gasteiger partial charge in [-0.05, 0) is 114 Å². The molecule has 4 heterocycles. The van der Waals surface area contributed by atoms with E-state index in [9.17, 15) is 27.6 Å². The van der Waals surface area contributed by atoms with Gasteiger partial charge in [-0.1, -0.05) is 58.7 Å². The number of rotatable bonds is 10. The first-order chi connectivity index (χ1) is 29.9. The molecule has 3 aliphatic heterocycles. The molecule has 344 valence electrons. The zero-order valence-corrected chi connectivity index (χ0v) is 38.4. The molecule has 63 heavy (non-hydrogen) atoms. The number of para-hydroxylation sites is 1. The van der Waals surface area contributed by atoms with Gasteiger partial charge in [0.25, 0.3) is 5.91 Å². The van der Waals surface area contributed by atoms with Crippen LogP contribution in [-0.4, -0.2) is 114 Å². The highest BCUT2D eigenvalue weighted by Gasteiger charge is 2.63. The molecule has 7 atom stereocenters. The number of pyridine rings is 1. The maximum Gasteiger partial charge on any atom is 0.408 e. The first-order valence-electron chi connectivity index (χ1n) is 23.2. The Kier molecular flexibility index (Phi) is 12.5. The molecular weight excluding hydrogens is 825 g/mol. The minimum atomic E-state index is -4.01. The zero-order valence-electron chi connectivity index (χ0n) is 37.6. The van der Waals surface area contributed by atoms with Crippen LogP contribution in [0.2, 0.25) is 0 Å². The number of carbonyl (C=O) groups is 4. The molecule has 2 aromatic rings. The van der Waals surface area contributed by atoms with Crippen molar-refractivity contribution in [1.29, 1.82) is 0 Å². The number of carbonyl (C=O) groups excluding carboxylic acids is 4. The van der Waals surface area contributed by atoms with Crippen LogP contribution in [0.4, 0.5) is 4.79 Å². The molecule has 16 heteroatoms. The molecule has 3 N–H and O–H groups in total. The second-order valence-electron chi connectivity index (χ2n) is 20.3. The Morgan fingerprint density at radius 3 is 2.49 bits per heavy atom. The smallest absolute Gasteiger partial charge is 0.408 e. The van der Waals surface area contributed by atoms with Crippen LogP contribution >= 0.6 is 0 Å². The number of likely N-dealkylation sites (tertiary alicyclic amines) is 1. The van der Waals surface area contributed by atoms with Crippen molar-refractivity contribution in [1.82, 2.24) is 30.1 Å². The number of hydrogen-bond acceptors (Lipinski definition) is 11. The van der Waals surface area contributed by atoms with E-state index in [1.165, 1.54) is 11.0 Å². The summed E-state index contributed by atoms with van der Waals surface area (Å²) < 4.78 is 47.1. The Labute approximate surface area is 371 Å². The first-order valence-corrected chi connectivity index (χ1v) is 24.7. The van der Waals surface area contributed by atoms with Crippen molar-refractivity contribution in [3.63, 3.8) is 0 Å². The quantitative estimate of drug-likeness (QED) is 0.260. The lowest BCUT2D eigenvalue weighted by molar-refractivity contribution is -0.142. The molecule has 6 aliphatic rings. The highest BCUT2D eigenvalue weighted by atomic mass is 32.2. The Morgan fingerprint density at radius 2 is 1.81 bits per heavy atom. The lowest BCUT2D eigenvalue weighted by atomic mass is 9.85. The summed E-state index contributed by atoms with van der Waals surface area (Å²) in [6.45, 7) is 16.8. The van der Waals surface area contributed by atoms with Crippen LogP contribution in [0.1, 0.15) is 111 Å². The van der Waals surface area contributed by atoms with E-state index < -0.39 is 73.6 Å². The fourth-order valence-electron chi connectivity index (χ4n) is 9.66. The maximum absolute atomic E-state index is 14.9. The van der Waals surface area contributed by atoms with E-state index in [2.05, 4.69) is 33.8 Å². The number of amides is 4. The van der Waals surface area contributed by atoms with E-state index in [-0.39, 0.29) is 31.4 Å². The Bertz CT molecular complexity index is 2220. The van der Waals surface area contributed by atoms with Gasteiger partial charge in [0.1, 0.15) is 35.6 Å². The van der Waals surface area contributed by atoms with Crippen LogP contribution < -0.4 is 24.8 Å². The molecule has 0 unspecified atom stereocenters. The summed E-state index contributed by atoms with van der Waals surface area (Å²) in [6, 6.07) is 5.64. The number of nitrogens with one attached hydrogen (secondary N) is 3. The van der Waals surface area contributed by atoms with Gasteiger partial charge in [-0.2, -0.15) is 0 Å². The van der Waals surface area contributed by atoms with Crippen molar-refractivity contribution in [2.24, 2.45) is 23.2 Å². The number of hydrogen-bond donors (Lipinski definition) is 3. The van der Waals surface area contributed by atoms with Crippen LogP contribution in [0.25, 0.3) is 10.9 Å². The number of alkyl carbamates (subject to hydrolysis) is 1. The number of sulfonamides is 1. The van der Waals surface area contributed by atoms with Crippen molar-refractivity contribution in [2.75, 3.05) is 32.8 Å². The highest BCUT2D eigenvalue weighted by Crippen LogP contribution is 2.47. The lowest BCUT2D eigenvalue weighted by Crippen LogP contribution is -2.60. The van der Waals surface area contributed by atoms with Gasteiger partial charge in [0.2, 0.25) is 27.7 Å². The second-order valence-corrected chi connectivity index (χ2v) is 22.5. The third-order valence-electron chi connectivity index (χ3n) is 14.5. The van der Waals surface area contributed by atoms with Gasteiger partial charge >= 0.3 is 6.09 Å². The SMILES string of the molecule is C=C[C@@H]1C[C@]1(NC(=O)[C@@H]1C[C@@H]2CN1C(=O)[C@H](C(C)(C)C)NC(=O)O[C@@H]1C[C@H]1CCCCCc1c(nc3ccccc3c1OCC1CCN(CC)CC1)O2)C(=O)NS(=O)(=O)C1(C)CC1. The largest absolute Gasteiger partial charge is 0.492 e. The second kappa shape index (κ2) is 17.5. The van der Waals surface area contributed by atoms with Crippen molar-refractivity contribution >= 4 is 44.7 Å². The standard InChI is InChI=1S/C47H66N6O9S/c1-7-31-26-47(31,43(56)51-63(58,59)46(6)20-21-46)50-40(54)36-25-32-27-53(36)42(55)39(45(3,4)5)49-44(57)62-37-24-30(37)14-10-9-11-16-34-38(60-28-29-18-22-52(8-2)23-19-29)33-15-12-13-17-35(33)48-41(34)61-32/h7,12-13,15,17,29-32,36-37,39H,1,8-11,14,16,18-28H2,2-6H3,(H,49,57)(H,50,54)(H,51,56)/t30-,31-,32-,36+,37-,39-,47-/m1/s1. The van der Waals surface area contributed by atoms with Crippen LogP contribution in [0, 0.1) is 23.2 Å². The van der Waals surface area contributed by atoms with Crippen LogP contribution in [0.15, 0.2) is 36.9 Å². The topological polar surface area (TPSA) is 186 Å². The fraction of sp³-hybridized carbons (Fsp3) is 0.681. The van der Waals surface area contributed by atoms with Crippen LogP contribution in [-0.2, 0) is 35.6 Å². The molecule has 4 amide bonds. The van der Waals surface area contributed by atoms with E-state index in [0.717, 1.165) is 81.3 Å². The van der Waals surface area contributed by atoms with E-state index in [0.29, 0.717) is 43.2 Å². The lowest BCUT2D eigenvalue weighted by Gasteiger charge is -2.35. The molecule has 0 spiro atoms. The van der Waals surface area contributed by atoms with E-state index >= 15 is 0 Å². The summed E-state index contributed by atoms with van der Waals surface area (Å²) >= 11 is 0. The van der Waals surface area contributed by atoms with E-state index in [1.54, 1.807) is 6.92 Å². The minimum Gasteiger partial charge on any atom is -0.492 e. The summed E-state index contributed by atoms with van der Waals surface area (Å²) in [5.41, 5.74) is -0.815. The van der Waals surface area contributed by atoms with Crippen LogP contribution in [0.5, 0.6) is 11.6 Å². The summed E-state index contributed by atoms with van der Waals surface area (Å²) in [5.74, 6) is -0.722. The third kappa shape index (κ3) is 9.53. The van der Waals surface area contributed by atoms with Crippen molar-refractivity contribution in [2.45, 2.75) is 146 Å². The van der Waals surface area contributed by atoms with E-state index in [1.807, 2.05) is 45.0 Å². The van der Waals surface area contributed by atoms with Gasteiger partial charge in [-0.15, -0.1) is 6.58 Å². The average Bonchev–Trinajstić information content (AvgIpc) is 4.21. The first kappa shape index (κ1) is 45.1. The van der Waals surface area contributed by atoms with E-state index in [4.69, 9.17) is 19.2 Å². The summed E-state index contributed by atoms with van der Waals surface area (Å²) in [7, 11) is -4.01. The summed E-state index contributed by atoms with van der Waals surface area (Å²) in [5, 5.41) is 6.62. The highest BCUT2D eigenvalue weighted by molar-refractivity contribution is 7.91. The molecule has 5 fully saturated rings. The predicted molar refractivity (Wildman–Crippen MR) is 237 cm³/mol. The van der Waals surface area contributed by atoms with Crippen LogP contribution in [0.3, 0.4) is 0 Å². The van der Waals surface area contributed by atoms with Gasteiger partial charge < -0.3 is 34.6 Å². The molecule has 8 rings (SSSR count). The Hall–Kier alpha value is -4.44. The van der Waals surface area contributed by atoms with Gasteiger partial charge in [-0.25, -0.2) is 18.2 Å². The molecule has 2 bridgehead atoms. The maximum atomic E-state index is 14.9. The number of aromatic nitrogens is 1. The molecule has 15 nitrogen and oxygen atoms in total. The number of nitrogens with zero attached hydrogens (tertiary/aromatic N) is 3. The number of ether oxygens (including phenoxy) is 3. The van der Waals surface area contributed by atoms with Crippen molar-refractivity contribution in [3.8, 4) is 11.6 Å². The number of benzene rings is 1. The Balaban J connectivity index is 1.13. The predicted octanol–water partition coefficient (Wildman–Crippen LogP) is 5.40. The monoisotopic (exact) mass is 890 g/mol. The van der Waals surface area contributed by atoms with Crippen molar-refractivity contribution < 1.29 is 41.8 Å². The Morgan fingerprint density at radius 1 is 1.06 bits per heavy atom. The van der Waals surface area contributed by atoms with Gasteiger partial charge in [-0.3, -0.25) is 19.1 Å². The minimum absolute atomic E-state index is 0.0259. The van der Waals surface area contributed by atoms with Crippen molar-refractivity contribution in [3.05, 3.63) is 42.5 Å². The number of piperidine rings is 1. The molecular formula is C47H66N6O9S. The molecule has 1 aromatic heterocycles.